The number of ether oxygens (including phenoxy) is 1. The number of rotatable bonds is 6. The van der Waals surface area contributed by atoms with Gasteiger partial charge in [-0.05, 0) is 42.4 Å². The Labute approximate surface area is 140 Å². The van der Waals surface area contributed by atoms with Gasteiger partial charge in [0.25, 0.3) is 0 Å². The highest BCUT2D eigenvalue weighted by molar-refractivity contribution is 5.74. The van der Waals surface area contributed by atoms with Crippen molar-refractivity contribution in [1.29, 1.82) is 0 Å². The quantitative estimate of drug-likeness (QED) is 0.779. The Morgan fingerprint density at radius 2 is 1.83 bits per heavy atom. The summed E-state index contributed by atoms with van der Waals surface area (Å²) in [6, 6.07) is 8.58. The van der Waals surface area contributed by atoms with E-state index in [9.17, 15) is 4.79 Å². The summed E-state index contributed by atoms with van der Waals surface area (Å²) in [7, 11) is 0. The van der Waals surface area contributed by atoms with Crippen molar-refractivity contribution in [3.05, 3.63) is 29.8 Å². The molecule has 1 aliphatic carbocycles. The molecule has 4 nitrogen and oxygen atoms in total. The van der Waals surface area contributed by atoms with Crippen LogP contribution in [0.15, 0.2) is 24.3 Å². The lowest BCUT2D eigenvalue weighted by Gasteiger charge is -2.19. The smallest absolute Gasteiger partial charge is 0.315 e. The first-order valence-corrected chi connectivity index (χ1v) is 8.73. The van der Waals surface area contributed by atoms with E-state index in [2.05, 4.69) is 43.5 Å². The Balaban J connectivity index is 1.59. The highest BCUT2D eigenvalue weighted by Crippen LogP contribution is 2.24. The van der Waals surface area contributed by atoms with Crippen molar-refractivity contribution < 1.29 is 9.53 Å². The highest BCUT2D eigenvalue weighted by Gasteiger charge is 2.16. The lowest BCUT2D eigenvalue weighted by Crippen LogP contribution is -2.41. The van der Waals surface area contributed by atoms with Crippen molar-refractivity contribution in [3.63, 3.8) is 0 Å². The highest BCUT2D eigenvalue weighted by atomic mass is 16.5. The van der Waals surface area contributed by atoms with Gasteiger partial charge < -0.3 is 15.4 Å². The van der Waals surface area contributed by atoms with Crippen LogP contribution in [0.1, 0.15) is 58.4 Å². The molecular formula is C19H30N2O2. The van der Waals surface area contributed by atoms with E-state index in [1.165, 1.54) is 18.4 Å². The van der Waals surface area contributed by atoms with Crippen molar-refractivity contribution >= 4 is 6.03 Å². The van der Waals surface area contributed by atoms with Gasteiger partial charge in [0, 0.05) is 12.6 Å². The summed E-state index contributed by atoms with van der Waals surface area (Å²) >= 11 is 0. The molecule has 2 rings (SSSR count). The number of nitrogens with one attached hydrogen (secondary N) is 2. The zero-order chi connectivity index (χ0) is 16.7. The second kappa shape index (κ2) is 8.23. The zero-order valence-electron chi connectivity index (χ0n) is 14.7. The lowest BCUT2D eigenvalue weighted by atomic mass is 9.87. The molecule has 4 heteroatoms. The molecule has 0 aliphatic heterocycles. The van der Waals surface area contributed by atoms with E-state index in [-0.39, 0.29) is 11.4 Å². The molecule has 2 amide bonds. The molecular weight excluding hydrogens is 288 g/mol. The van der Waals surface area contributed by atoms with Crippen molar-refractivity contribution in [2.24, 2.45) is 0 Å². The standard InChI is InChI=1S/C19H30N2O2/c1-19(2,3)15-9-11-17(12-10-15)23-14-6-13-20-18(22)21-16-7-4-5-8-16/h9-12,16H,4-8,13-14H2,1-3H3,(H2,20,21,22). The molecule has 1 aromatic carbocycles. The summed E-state index contributed by atoms with van der Waals surface area (Å²) in [5.41, 5.74) is 1.46. The van der Waals surface area contributed by atoms with Crippen LogP contribution in [0.5, 0.6) is 5.75 Å². The van der Waals surface area contributed by atoms with Crippen molar-refractivity contribution in [2.45, 2.75) is 64.3 Å². The van der Waals surface area contributed by atoms with Crippen LogP contribution in [-0.4, -0.2) is 25.2 Å². The predicted molar refractivity (Wildman–Crippen MR) is 94.0 cm³/mol. The zero-order valence-corrected chi connectivity index (χ0v) is 14.7. The fourth-order valence-electron chi connectivity index (χ4n) is 2.82. The van der Waals surface area contributed by atoms with Crippen LogP contribution in [0, 0.1) is 0 Å². The van der Waals surface area contributed by atoms with Gasteiger partial charge in [-0.25, -0.2) is 4.79 Å². The molecule has 1 aromatic rings. The van der Waals surface area contributed by atoms with Gasteiger partial charge in [0.05, 0.1) is 6.61 Å². The lowest BCUT2D eigenvalue weighted by molar-refractivity contribution is 0.235. The van der Waals surface area contributed by atoms with Crippen LogP contribution in [0.4, 0.5) is 4.79 Å². The molecule has 0 saturated heterocycles. The Kier molecular flexibility index (Phi) is 6.31. The van der Waals surface area contributed by atoms with Gasteiger partial charge in [0.2, 0.25) is 0 Å². The Bertz CT molecular complexity index is 485. The average molecular weight is 318 g/mol. The first-order valence-electron chi connectivity index (χ1n) is 8.73. The summed E-state index contributed by atoms with van der Waals surface area (Å²) in [6.45, 7) is 7.85. The van der Waals surface area contributed by atoms with Gasteiger partial charge in [-0.3, -0.25) is 0 Å². The maximum Gasteiger partial charge on any atom is 0.315 e. The molecule has 1 saturated carbocycles. The Morgan fingerprint density at radius 3 is 2.43 bits per heavy atom. The van der Waals surface area contributed by atoms with Gasteiger partial charge in [0.15, 0.2) is 0 Å². The summed E-state index contributed by atoms with van der Waals surface area (Å²) in [5.74, 6) is 0.883. The molecule has 128 valence electrons. The largest absolute Gasteiger partial charge is 0.494 e. The number of carbonyl (C=O) groups is 1. The van der Waals surface area contributed by atoms with E-state index in [0.29, 0.717) is 19.2 Å². The van der Waals surface area contributed by atoms with Gasteiger partial charge in [-0.15, -0.1) is 0 Å². The molecule has 1 fully saturated rings. The first kappa shape index (κ1) is 17.6. The monoisotopic (exact) mass is 318 g/mol. The van der Waals surface area contributed by atoms with E-state index in [0.717, 1.165) is 25.0 Å². The predicted octanol–water partition coefficient (Wildman–Crippen LogP) is 3.99. The molecule has 1 aliphatic rings. The van der Waals surface area contributed by atoms with E-state index in [1.54, 1.807) is 0 Å². The van der Waals surface area contributed by atoms with Crippen molar-refractivity contribution in [1.82, 2.24) is 10.6 Å². The minimum absolute atomic E-state index is 0.0496. The number of amides is 2. The van der Waals surface area contributed by atoms with E-state index in [4.69, 9.17) is 4.74 Å². The molecule has 0 atom stereocenters. The number of benzene rings is 1. The molecule has 23 heavy (non-hydrogen) atoms. The number of urea groups is 1. The molecule has 0 unspecified atom stereocenters. The average Bonchev–Trinajstić information content (AvgIpc) is 2.99. The van der Waals surface area contributed by atoms with Crippen LogP contribution in [0.25, 0.3) is 0 Å². The summed E-state index contributed by atoms with van der Waals surface area (Å²) in [5, 5.41) is 5.91. The first-order chi connectivity index (χ1) is 10.9. The van der Waals surface area contributed by atoms with Gasteiger partial charge in [-0.1, -0.05) is 45.7 Å². The second-order valence-corrected chi connectivity index (χ2v) is 7.36. The van der Waals surface area contributed by atoms with Gasteiger partial charge >= 0.3 is 6.03 Å². The fraction of sp³-hybridized carbons (Fsp3) is 0.632. The molecule has 0 bridgehead atoms. The molecule has 0 heterocycles. The number of hydrogen-bond acceptors (Lipinski definition) is 2. The van der Waals surface area contributed by atoms with Crippen LogP contribution in [0.3, 0.4) is 0 Å². The fourth-order valence-corrected chi connectivity index (χ4v) is 2.82. The van der Waals surface area contributed by atoms with E-state index < -0.39 is 0 Å². The van der Waals surface area contributed by atoms with Crippen LogP contribution in [-0.2, 0) is 5.41 Å². The normalized spacial score (nSPS) is 15.4. The minimum atomic E-state index is -0.0496. The van der Waals surface area contributed by atoms with Crippen molar-refractivity contribution in [3.8, 4) is 5.75 Å². The molecule has 0 radical (unpaired) electrons. The maximum atomic E-state index is 11.7. The molecule has 0 aromatic heterocycles. The minimum Gasteiger partial charge on any atom is -0.494 e. The number of carbonyl (C=O) groups excluding carboxylic acids is 1. The van der Waals surface area contributed by atoms with E-state index in [1.807, 2.05) is 12.1 Å². The molecule has 0 spiro atoms. The topological polar surface area (TPSA) is 50.4 Å². The third-order valence-electron chi connectivity index (χ3n) is 4.29. The third-order valence-corrected chi connectivity index (χ3v) is 4.29. The van der Waals surface area contributed by atoms with E-state index >= 15 is 0 Å². The van der Waals surface area contributed by atoms with Crippen LogP contribution < -0.4 is 15.4 Å². The summed E-state index contributed by atoms with van der Waals surface area (Å²) in [6.07, 6.45) is 5.49. The SMILES string of the molecule is CC(C)(C)c1ccc(OCCCNC(=O)NC2CCCC2)cc1. The van der Waals surface area contributed by atoms with Gasteiger partial charge in [0.1, 0.15) is 5.75 Å². The Hall–Kier alpha value is -1.71. The summed E-state index contributed by atoms with van der Waals surface area (Å²) in [4.78, 5) is 11.7. The van der Waals surface area contributed by atoms with Crippen LogP contribution in [0.2, 0.25) is 0 Å². The second-order valence-electron chi connectivity index (χ2n) is 7.36. The number of hydrogen-bond donors (Lipinski definition) is 2. The summed E-state index contributed by atoms with van der Waals surface area (Å²) < 4.78 is 5.72. The maximum absolute atomic E-state index is 11.7. The van der Waals surface area contributed by atoms with Gasteiger partial charge in [-0.2, -0.15) is 0 Å². The molecule has 2 N–H and O–H groups in total. The van der Waals surface area contributed by atoms with Crippen molar-refractivity contribution in [2.75, 3.05) is 13.2 Å². The third kappa shape index (κ3) is 6.12. The van der Waals surface area contributed by atoms with Crippen LogP contribution >= 0.6 is 0 Å². The Morgan fingerprint density at radius 1 is 1.17 bits per heavy atom.